The van der Waals surface area contributed by atoms with Crippen LogP contribution in [0.25, 0.3) is 0 Å². The molecule has 1 aliphatic heterocycles. The summed E-state index contributed by atoms with van der Waals surface area (Å²) >= 11 is 0. The zero-order valence-corrected chi connectivity index (χ0v) is 7.97. The normalized spacial score (nSPS) is 22.7. The molecule has 3 heteroatoms. The molecule has 0 aromatic rings. The van der Waals surface area contributed by atoms with Gasteiger partial charge in [0.25, 0.3) is 0 Å². The van der Waals surface area contributed by atoms with E-state index in [4.69, 9.17) is 0 Å². The van der Waals surface area contributed by atoms with Crippen LogP contribution in [0.4, 0.5) is 0 Å². The molecule has 1 unspecified atom stereocenters. The summed E-state index contributed by atoms with van der Waals surface area (Å²) in [6.45, 7) is 3.88. The summed E-state index contributed by atoms with van der Waals surface area (Å²) in [6, 6.07) is 0.533. The lowest BCUT2D eigenvalue weighted by atomic mass is 10.2. The Kier molecular flexibility index (Phi) is 3.53. The van der Waals surface area contributed by atoms with Crippen molar-refractivity contribution in [2.75, 3.05) is 20.1 Å². The van der Waals surface area contributed by atoms with E-state index in [1.54, 1.807) is 0 Å². The molecule has 0 bridgehead atoms. The van der Waals surface area contributed by atoms with E-state index >= 15 is 0 Å². The van der Waals surface area contributed by atoms with Gasteiger partial charge < -0.3 is 10.2 Å². The fraction of sp³-hybridized carbons (Fsp3) is 0.889. The minimum absolute atomic E-state index is 0.240. The van der Waals surface area contributed by atoms with Gasteiger partial charge in [0, 0.05) is 26.1 Å². The molecule has 1 aliphatic rings. The summed E-state index contributed by atoms with van der Waals surface area (Å²) in [6.07, 6.45) is 3.07. The molecule has 1 fully saturated rings. The Hall–Kier alpha value is -0.570. The van der Waals surface area contributed by atoms with Crippen molar-refractivity contribution in [2.45, 2.75) is 32.2 Å². The lowest BCUT2D eigenvalue weighted by Gasteiger charge is -2.20. The van der Waals surface area contributed by atoms with Gasteiger partial charge in [0.2, 0.25) is 5.91 Å². The minimum atomic E-state index is 0.240. The summed E-state index contributed by atoms with van der Waals surface area (Å²) in [5.74, 6) is 0.240. The number of amides is 1. The van der Waals surface area contributed by atoms with Crippen LogP contribution in [-0.4, -0.2) is 37.0 Å². The highest BCUT2D eigenvalue weighted by Gasteiger charge is 2.17. The molecule has 1 amide bonds. The molecule has 0 aromatic heterocycles. The molecule has 1 N–H and O–H groups in total. The maximum atomic E-state index is 11.2. The van der Waals surface area contributed by atoms with Gasteiger partial charge in [0.1, 0.15) is 0 Å². The second kappa shape index (κ2) is 4.45. The van der Waals surface area contributed by atoms with Crippen molar-refractivity contribution in [1.29, 1.82) is 0 Å². The average molecular weight is 170 g/mol. The molecule has 1 atom stereocenters. The van der Waals surface area contributed by atoms with Crippen molar-refractivity contribution in [3.63, 3.8) is 0 Å². The number of likely N-dealkylation sites (N-methyl/N-ethyl adjacent to an activating group) is 1. The second-order valence-electron chi connectivity index (χ2n) is 3.42. The Balaban J connectivity index is 2.24. The maximum Gasteiger partial charge on any atom is 0.222 e. The highest BCUT2D eigenvalue weighted by atomic mass is 16.2. The Morgan fingerprint density at radius 1 is 1.67 bits per heavy atom. The van der Waals surface area contributed by atoms with Gasteiger partial charge in [-0.1, -0.05) is 6.92 Å². The first-order valence-corrected chi connectivity index (χ1v) is 4.71. The van der Waals surface area contributed by atoms with E-state index in [1.165, 1.54) is 12.8 Å². The van der Waals surface area contributed by atoms with Gasteiger partial charge in [0.05, 0.1) is 0 Å². The Morgan fingerprint density at radius 2 is 2.42 bits per heavy atom. The van der Waals surface area contributed by atoms with Crippen molar-refractivity contribution in [2.24, 2.45) is 0 Å². The first-order chi connectivity index (χ1) is 5.74. The monoisotopic (exact) mass is 170 g/mol. The molecular weight excluding hydrogens is 152 g/mol. The quantitative estimate of drug-likeness (QED) is 0.673. The number of hydrogen-bond acceptors (Lipinski definition) is 2. The first-order valence-electron chi connectivity index (χ1n) is 4.71. The maximum absolute atomic E-state index is 11.2. The highest BCUT2D eigenvalue weighted by molar-refractivity contribution is 5.75. The van der Waals surface area contributed by atoms with Crippen LogP contribution in [-0.2, 0) is 4.79 Å². The van der Waals surface area contributed by atoms with Crippen LogP contribution in [0.15, 0.2) is 0 Å². The lowest BCUT2D eigenvalue weighted by Crippen LogP contribution is -2.38. The number of carbonyl (C=O) groups is 1. The lowest BCUT2D eigenvalue weighted by molar-refractivity contribution is -0.129. The average Bonchev–Trinajstić information content (AvgIpc) is 2.55. The molecule has 1 heterocycles. The topological polar surface area (TPSA) is 32.3 Å². The van der Waals surface area contributed by atoms with Crippen LogP contribution in [0.5, 0.6) is 0 Å². The van der Waals surface area contributed by atoms with E-state index in [0.29, 0.717) is 12.5 Å². The fourth-order valence-corrected chi connectivity index (χ4v) is 1.61. The van der Waals surface area contributed by atoms with Gasteiger partial charge in [-0.2, -0.15) is 0 Å². The molecule has 0 aromatic carbocycles. The standard InChI is InChI=1S/C9H18N2O/c1-3-9(12)11(2)7-8-5-4-6-10-8/h8,10H,3-7H2,1-2H3. The summed E-state index contributed by atoms with van der Waals surface area (Å²) in [7, 11) is 1.88. The molecular formula is C9H18N2O. The van der Waals surface area contributed by atoms with E-state index in [-0.39, 0.29) is 5.91 Å². The fourth-order valence-electron chi connectivity index (χ4n) is 1.61. The zero-order chi connectivity index (χ0) is 8.97. The molecule has 12 heavy (non-hydrogen) atoms. The molecule has 70 valence electrons. The van der Waals surface area contributed by atoms with Crippen LogP contribution < -0.4 is 5.32 Å². The zero-order valence-electron chi connectivity index (χ0n) is 7.97. The third kappa shape index (κ3) is 2.48. The van der Waals surface area contributed by atoms with Crippen LogP contribution in [0, 0.1) is 0 Å². The van der Waals surface area contributed by atoms with Crippen molar-refractivity contribution in [3.05, 3.63) is 0 Å². The van der Waals surface area contributed by atoms with Crippen LogP contribution in [0.3, 0.4) is 0 Å². The SMILES string of the molecule is CCC(=O)N(C)CC1CCCN1. The minimum Gasteiger partial charge on any atom is -0.344 e. The van der Waals surface area contributed by atoms with E-state index in [2.05, 4.69) is 5.32 Å². The molecule has 0 radical (unpaired) electrons. The second-order valence-corrected chi connectivity index (χ2v) is 3.42. The molecule has 3 nitrogen and oxygen atoms in total. The number of nitrogens with one attached hydrogen (secondary N) is 1. The Morgan fingerprint density at radius 3 is 2.92 bits per heavy atom. The number of hydrogen-bond donors (Lipinski definition) is 1. The number of rotatable bonds is 3. The Bertz CT molecular complexity index is 153. The van der Waals surface area contributed by atoms with Crippen molar-refractivity contribution in [1.82, 2.24) is 10.2 Å². The number of nitrogens with zero attached hydrogens (tertiary/aromatic N) is 1. The van der Waals surface area contributed by atoms with Crippen LogP contribution in [0.2, 0.25) is 0 Å². The summed E-state index contributed by atoms with van der Waals surface area (Å²) in [4.78, 5) is 13.0. The third-order valence-corrected chi connectivity index (χ3v) is 2.38. The summed E-state index contributed by atoms with van der Waals surface area (Å²) in [5.41, 5.74) is 0. The summed E-state index contributed by atoms with van der Waals surface area (Å²) < 4.78 is 0. The first kappa shape index (κ1) is 9.52. The molecule has 1 saturated heterocycles. The molecule has 0 aliphatic carbocycles. The molecule has 0 saturated carbocycles. The highest BCUT2D eigenvalue weighted by Crippen LogP contribution is 2.06. The largest absolute Gasteiger partial charge is 0.344 e. The van der Waals surface area contributed by atoms with E-state index < -0.39 is 0 Å². The van der Waals surface area contributed by atoms with Crippen molar-refractivity contribution in [3.8, 4) is 0 Å². The third-order valence-electron chi connectivity index (χ3n) is 2.38. The molecule has 0 spiro atoms. The van der Waals surface area contributed by atoms with Gasteiger partial charge in [-0.15, -0.1) is 0 Å². The van der Waals surface area contributed by atoms with E-state index in [9.17, 15) is 4.79 Å². The van der Waals surface area contributed by atoms with E-state index in [0.717, 1.165) is 13.1 Å². The molecule has 1 rings (SSSR count). The summed E-state index contributed by atoms with van der Waals surface area (Å²) in [5, 5.41) is 3.37. The van der Waals surface area contributed by atoms with Crippen LogP contribution in [0.1, 0.15) is 26.2 Å². The van der Waals surface area contributed by atoms with E-state index in [1.807, 2.05) is 18.9 Å². The van der Waals surface area contributed by atoms with Gasteiger partial charge in [0.15, 0.2) is 0 Å². The van der Waals surface area contributed by atoms with Crippen molar-refractivity contribution < 1.29 is 4.79 Å². The van der Waals surface area contributed by atoms with Gasteiger partial charge >= 0.3 is 0 Å². The predicted molar refractivity (Wildman–Crippen MR) is 49.0 cm³/mol. The predicted octanol–water partition coefficient (Wildman–Crippen LogP) is 0.607. The van der Waals surface area contributed by atoms with Gasteiger partial charge in [-0.25, -0.2) is 0 Å². The van der Waals surface area contributed by atoms with Crippen molar-refractivity contribution >= 4 is 5.91 Å². The van der Waals surface area contributed by atoms with Gasteiger partial charge in [-0.05, 0) is 19.4 Å². The van der Waals surface area contributed by atoms with Crippen LogP contribution >= 0.6 is 0 Å². The number of carbonyl (C=O) groups excluding carboxylic acids is 1. The Labute approximate surface area is 74.1 Å². The van der Waals surface area contributed by atoms with Gasteiger partial charge in [-0.3, -0.25) is 4.79 Å². The smallest absolute Gasteiger partial charge is 0.222 e.